The molecule has 0 amide bonds. The lowest BCUT2D eigenvalue weighted by Gasteiger charge is -2.31. The number of hydrogen-bond donors (Lipinski definition) is 1. The third-order valence-electron chi connectivity index (χ3n) is 3.46. The van der Waals surface area contributed by atoms with Gasteiger partial charge in [-0.05, 0) is 36.3 Å². The average molecular weight is 275 g/mol. The van der Waals surface area contributed by atoms with Crippen LogP contribution < -0.4 is 5.73 Å². The fourth-order valence-corrected chi connectivity index (χ4v) is 3.16. The third kappa shape index (κ3) is 3.42. The van der Waals surface area contributed by atoms with E-state index in [1.165, 1.54) is 5.56 Å². The van der Waals surface area contributed by atoms with E-state index in [1.54, 1.807) is 0 Å². The summed E-state index contributed by atoms with van der Waals surface area (Å²) in [5.74, 6) is 0.263. The van der Waals surface area contributed by atoms with Crippen LogP contribution in [0.3, 0.4) is 0 Å². The lowest BCUT2D eigenvalue weighted by atomic mass is 9.79. The van der Waals surface area contributed by atoms with Crippen molar-refractivity contribution in [3.63, 3.8) is 0 Å². The van der Waals surface area contributed by atoms with Gasteiger partial charge in [0.1, 0.15) is 0 Å². The van der Waals surface area contributed by atoms with E-state index < -0.39 is 5.51 Å². The summed E-state index contributed by atoms with van der Waals surface area (Å²) < 4.78 is 36.2. The molecule has 1 aliphatic rings. The molecule has 18 heavy (non-hydrogen) atoms. The molecule has 0 radical (unpaired) electrons. The third-order valence-corrected chi connectivity index (χ3v) is 4.23. The number of hydrogen-bond acceptors (Lipinski definition) is 2. The van der Waals surface area contributed by atoms with Gasteiger partial charge >= 0.3 is 5.51 Å². The minimum absolute atomic E-state index is 0.0550. The van der Waals surface area contributed by atoms with Gasteiger partial charge < -0.3 is 5.73 Å². The molecule has 0 aromatic heterocycles. The van der Waals surface area contributed by atoms with E-state index in [1.807, 2.05) is 18.2 Å². The number of rotatable bonds is 3. The Balaban J connectivity index is 1.93. The smallest absolute Gasteiger partial charge is 0.324 e. The van der Waals surface area contributed by atoms with Crippen LogP contribution in [0.1, 0.15) is 30.0 Å². The Bertz CT molecular complexity index is 405. The van der Waals surface area contributed by atoms with Crippen LogP contribution in [0, 0.1) is 5.92 Å². The Morgan fingerprint density at radius 1 is 1.28 bits per heavy atom. The fraction of sp³-hybridized carbons (Fsp3) is 0.538. The van der Waals surface area contributed by atoms with Crippen molar-refractivity contribution in [2.24, 2.45) is 11.7 Å². The first-order valence-electron chi connectivity index (χ1n) is 6.01. The van der Waals surface area contributed by atoms with Crippen molar-refractivity contribution in [1.29, 1.82) is 0 Å². The molecule has 2 unspecified atom stereocenters. The molecule has 0 saturated carbocycles. The number of halogens is 3. The second kappa shape index (κ2) is 5.53. The SMILES string of the molecule is NC1c2ccccc2CCC1CCSC(F)(F)F. The van der Waals surface area contributed by atoms with Crippen LogP contribution in [0.15, 0.2) is 24.3 Å². The zero-order valence-electron chi connectivity index (χ0n) is 9.91. The summed E-state index contributed by atoms with van der Waals surface area (Å²) in [6.45, 7) is 0. The summed E-state index contributed by atoms with van der Waals surface area (Å²) in [4.78, 5) is 0. The molecule has 0 heterocycles. The summed E-state index contributed by atoms with van der Waals surface area (Å²) >= 11 is 0.0550. The van der Waals surface area contributed by atoms with Crippen LogP contribution in [0.2, 0.25) is 0 Å². The van der Waals surface area contributed by atoms with Gasteiger partial charge in [-0.2, -0.15) is 13.2 Å². The maximum absolute atomic E-state index is 12.1. The topological polar surface area (TPSA) is 26.0 Å². The molecule has 5 heteroatoms. The largest absolute Gasteiger partial charge is 0.441 e. The lowest BCUT2D eigenvalue weighted by molar-refractivity contribution is -0.0328. The van der Waals surface area contributed by atoms with Crippen molar-refractivity contribution in [2.75, 3.05) is 5.75 Å². The van der Waals surface area contributed by atoms with Crippen LogP contribution in [0.25, 0.3) is 0 Å². The van der Waals surface area contributed by atoms with E-state index in [-0.39, 0.29) is 29.5 Å². The van der Waals surface area contributed by atoms with E-state index in [9.17, 15) is 13.2 Å². The van der Waals surface area contributed by atoms with Crippen molar-refractivity contribution in [2.45, 2.75) is 30.8 Å². The number of alkyl halides is 3. The van der Waals surface area contributed by atoms with E-state index >= 15 is 0 Å². The highest BCUT2D eigenvalue weighted by Crippen LogP contribution is 2.37. The van der Waals surface area contributed by atoms with E-state index in [0.29, 0.717) is 6.42 Å². The number of benzene rings is 1. The monoisotopic (exact) mass is 275 g/mol. The number of nitrogens with two attached hydrogens (primary N) is 1. The van der Waals surface area contributed by atoms with Gasteiger partial charge in [-0.3, -0.25) is 0 Å². The van der Waals surface area contributed by atoms with Gasteiger partial charge in [-0.15, -0.1) is 0 Å². The molecular weight excluding hydrogens is 259 g/mol. The highest BCUT2D eigenvalue weighted by atomic mass is 32.2. The van der Waals surface area contributed by atoms with Crippen LogP contribution in [-0.2, 0) is 6.42 Å². The summed E-state index contributed by atoms with van der Waals surface area (Å²) in [5.41, 5.74) is 4.36. The van der Waals surface area contributed by atoms with Gasteiger partial charge in [0.25, 0.3) is 0 Å². The zero-order valence-corrected chi connectivity index (χ0v) is 10.7. The Morgan fingerprint density at radius 3 is 2.72 bits per heavy atom. The quantitative estimate of drug-likeness (QED) is 0.905. The predicted molar refractivity (Wildman–Crippen MR) is 68.3 cm³/mol. The molecule has 0 saturated heterocycles. The zero-order chi connectivity index (χ0) is 13.2. The van der Waals surface area contributed by atoms with Crippen LogP contribution >= 0.6 is 11.8 Å². The molecule has 1 aromatic rings. The van der Waals surface area contributed by atoms with Crippen molar-refractivity contribution < 1.29 is 13.2 Å². The second-order valence-corrected chi connectivity index (χ2v) is 5.77. The number of aryl methyl sites for hydroxylation is 1. The Kier molecular flexibility index (Phi) is 4.22. The standard InChI is InChI=1S/C13H16F3NS/c14-13(15,16)18-8-7-10-6-5-9-3-1-2-4-11(9)12(10)17/h1-4,10,12H,5-8,17H2. The van der Waals surface area contributed by atoms with Crippen LogP contribution in [0.4, 0.5) is 13.2 Å². The molecular formula is C13H16F3NS. The first kappa shape index (κ1) is 13.7. The molecule has 0 bridgehead atoms. The second-order valence-electron chi connectivity index (χ2n) is 4.61. The first-order valence-corrected chi connectivity index (χ1v) is 7.00. The predicted octanol–water partition coefficient (Wildman–Crippen LogP) is 3.89. The van der Waals surface area contributed by atoms with E-state index in [0.717, 1.165) is 18.4 Å². The molecule has 2 N–H and O–H groups in total. The molecule has 2 atom stereocenters. The molecule has 1 nitrogen and oxygen atoms in total. The maximum Gasteiger partial charge on any atom is 0.441 e. The van der Waals surface area contributed by atoms with Crippen molar-refractivity contribution in [1.82, 2.24) is 0 Å². The minimum Gasteiger partial charge on any atom is -0.324 e. The molecule has 0 fully saturated rings. The molecule has 1 aromatic carbocycles. The maximum atomic E-state index is 12.1. The van der Waals surface area contributed by atoms with Crippen molar-refractivity contribution in [3.05, 3.63) is 35.4 Å². The van der Waals surface area contributed by atoms with E-state index in [2.05, 4.69) is 6.07 Å². The Hall–Kier alpha value is -0.680. The number of fused-ring (bicyclic) bond motifs is 1. The lowest BCUT2D eigenvalue weighted by Crippen LogP contribution is -2.27. The molecule has 0 aliphatic heterocycles. The molecule has 0 spiro atoms. The minimum atomic E-state index is -4.13. The van der Waals surface area contributed by atoms with Gasteiger partial charge in [0.05, 0.1) is 0 Å². The molecule has 2 rings (SSSR count). The fourth-order valence-electron chi connectivity index (χ4n) is 2.51. The molecule has 100 valence electrons. The highest BCUT2D eigenvalue weighted by Gasteiger charge is 2.30. The van der Waals surface area contributed by atoms with Gasteiger partial charge in [-0.25, -0.2) is 0 Å². The van der Waals surface area contributed by atoms with Gasteiger partial charge in [0.15, 0.2) is 0 Å². The Labute approximate surface area is 109 Å². The van der Waals surface area contributed by atoms with Crippen LogP contribution in [0.5, 0.6) is 0 Å². The van der Waals surface area contributed by atoms with Crippen LogP contribution in [-0.4, -0.2) is 11.3 Å². The van der Waals surface area contributed by atoms with Crippen molar-refractivity contribution >= 4 is 11.8 Å². The summed E-state index contributed by atoms with van der Waals surface area (Å²) in [7, 11) is 0. The number of thioether (sulfide) groups is 1. The summed E-state index contributed by atoms with van der Waals surface area (Å²) in [6, 6.07) is 7.83. The van der Waals surface area contributed by atoms with Gasteiger partial charge in [-0.1, -0.05) is 36.0 Å². The highest BCUT2D eigenvalue weighted by molar-refractivity contribution is 8.00. The normalized spacial score (nSPS) is 23.8. The first-order chi connectivity index (χ1) is 8.47. The van der Waals surface area contributed by atoms with Gasteiger partial charge in [0.2, 0.25) is 0 Å². The molecule has 1 aliphatic carbocycles. The summed E-state index contributed by atoms with van der Waals surface area (Å²) in [6.07, 6.45) is 2.33. The van der Waals surface area contributed by atoms with E-state index in [4.69, 9.17) is 5.73 Å². The van der Waals surface area contributed by atoms with Gasteiger partial charge in [0, 0.05) is 11.8 Å². The summed E-state index contributed by atoms with van der Waals surface area (Å²) in [5, 5.41) is 0. The average Bonchev–Trinajstić information content (AvgIpc) is 2.31. The van der Waals surface area contributed by atoms with Crippen molar-refractivity contribution in [3.8, 4) is 0 Å². The Morgan fingerprint density at radius 2 is 2.00 bits per heavy atom.